The van der Waals surface area contributed by atoms with Crippen molar-refractivity contribution in [3.8, 4) is 0 Å². The van der Waals surface area contributed by atoms with Crippen LogP contribution < -0.4 is 11.1 Å². The first-order valence-electron chi connectivity index (χ1n) is 6.24. The molecular weight excluding hydrogens is 244 g/mol. The van der Waals surface area contributed by atoms with Crippen LogP contribution in [0.25, 0.3) is 0 Å². The van der Waals surface area contributed by atoms with Crippen molar-refractivity contribution in [3.05, 3.63) is 29.8 Å². The SMILES string of the molecule is Cc1ccccc1SCCC(NC(C)C)C(N)=O. The number of nitrogens with one attached hydrogen (secondary N) is 1. The lowest BCUT2D eigenvalue weighted by molar-refractivity contribution is -0.120. The Morgan fingerprint density at radius 2 is 2.06 bits per heavy atom. The lowest BCUT2D eigenvalue weighted by Gasteiger charge is -2.18. The van der Waals surface area contributed by atoms with E-state index >= 15 is 0 Å². The average Bonchev–Trinajstić information content (AvgIpc) is 2.29. The molecule has 1 rings (SSSR count). The summed E-state index contributed by atoms with van der Waals surface area (Å²) in [6.07, 6.45) is 0.756. The van der Waals surface area contributed by atoms with E-state index in [1.807, 2.05) is 26.0 Å². The Hall–Kier alpha value is -1.00. The van der Waals surface area contributed by atoms with E-state index in [9.17, 15) is 4.79 Å². The van der Waals surface area contributed by atoms with E-state index in [1.54, 1.807) is 11.8 Å². The van der Waals surface area contributed by atoms with Crippen LogP contribution in [0.1, 0.15) is 25.8 Å². The van der Waals surface area contributed by atoms with Crippen LogP contribution in [0.3, 0.4) is 0 Å². The second-order valence-electron chi connectivity index (χ2n) is 4.68. The Labute approximate surface area is 114 Å². The maximum atomic E-state index is 11.3. The van der Waals surface area contributed by atoms with E-state index < -0.39 is 0 Å². The lowest BCUT2D eigenvalue weighted by atomic mass is 10.2. The highest BCUT2D eigenvalue weighted by atomic mass is 32.2. The third-order valence-electron chi connectivity index (χ3n) is 2.64. The standard InChI is InChI=1S/C14H22N2OS/c1-10(2)16-12(14(15)17)8-9-18-13-7-5-4-6-11(13)3/h4-7,10,12,16H,8-9H2,1-3H3,(H2,15,17). The second-order valence-corrected chi connectivity index (χ2v) is 5.82. The van der Waals surface area contributed by atoms with Crippen LogP contribution in [0.4, 0.5) is 0 Å². The normalized spacial score (nSPS) is 12.7. The summed E-state index contributed by atoms with van der Waals surface area (Å²) in [5.41, 5.74) is 6.66. The van der Waals surface area contributed by atoms with Gasteiger partial charge in [0.2, 0.25) is 5.91 Å². The second kappa shape index (κ2) is 7.44. The first kappa shape index (κ1) is 15.1. The van der Waals surface area contributed by atoms with Crippen molar-refractivity contribution in [2.45, 2.75) is 44.2 Å². The fourth-order valence-corrected chi connectivity index (χ4v) is 2.76. The molecule has 1 amide bonds. The topological polar surface area (TPSA) is 55.1 Å². The van der Waals surface area contributed by atoms with E-state index in [0.29, 0.717) is 0 Å². The molecule has 0 radical (unpaired) electrons. The Kier molecular flexibility index (Phi) is 6.22. The Bertz CT molecular complexity index is 393. The number of benzene rings is 1. The predicted molar refractivity (Wildman–Crippen MR) is 77.8 cm³/mol. The van der Waals surface area contributed by atoms with Crippen molar-refractivity contribution >= 4 is 17.7 Å². The molecule has 1 aromatic rings. The van der Waals surface area contributed by atoms with Crippen LogP contribution in [0, 0.1) is 6.92 Å². The zero-order valence-electron chi connectivity index (χ0n) is 11.3. The molecule has 4 heteroatoms. The highest BCUT2D eigenvalue weighted by Crippen LogP contribution is 2.22. The number of thioether (sulfide) groups is 1. The van der Waals surface area contributed by atoms with Crippen LogP contribution in [-0.2, 0) is 4.79 Å². The molecule has 0 saturated carbocycles. The Morgan fingerprint density at radius 1 is 1.39 bits per heavy atom. The Morgan fingerprint density at radius 3 is 2.61 bits per heavy atom. The van der Waals surface area contributed by atoms with Gasteiger partial charge in [-0.3, -0.25) is 4.79 Å². The van der Waals surface area contributed by atoms with E-state index in [0.717, 1.165) is 12.2 Å². The lowest BCUT2D eigenvalue weighted by Crippen LogP contribution is -2.44. The van der Waals surface area contributed by atoms with Crippen molar-refractivity contribution in [3.63, 3.8) is 0 Å². The molecule has 3 nitrogen and oxygen atoms in total. The van der Waals surface area contributed by atoms with Gasteiger partial charge in [-0.05, 0) is 25.0 Å². The maximum Gasteiger partial charge on any atom is 0.234 e. The molecule has 0 aromatic heterocycles. The van der Waals surface area contributed by atoms with Crippen molar-refractivity contribution in [1.82, 2.24) is 5.32 Å². The minimum absolute atomic E-state index is 0.235. The average molecular weight is 266 g/mol. The van der Waals surface area contributed by atoms with Gasteiger partial charge in [0.25, 0.3) is 0 Å². The van der Waals surface area contributed by atoms with Crippen LogP contribution in [0.5, 0.6) is 0 Å². The summed E-state index contributed by atoms with van der Waals surface area (Å²) >= 11 is 1.77. The smallest absolute Gasteiger partial charge is 0.234 e. The number of primary amides is 1. The third-order valence-corrected chi connectivity index (χ3v) is 3.84. The van der Waals surface area contributed by atoms with Crippen LogP contribution in [0.15, 0.2) is 29.2 Å². The van der Waals surface area contributed by atoms with Gasteiger partial charge in [-0.2, -0.15) is 0 Å². The molecule has 0 saturated heterocycles. The number of carbonyl (C=O) groups is 1. The van der Waals surface area contributed by atoms with Crippen LogP contribution in [-0.4, -0.2) is 23.7 Å². The molecule has 1 aromatic carbocycles. The van der Waals surface area contributed by atoms with Crippen molar-refractivity contribution in [2.75, 3.05) is 5.75 Å². The van der Waals surface area contributed by atoms with E-state index in [-0.39, 0.29) is 18.0 Å². The number of nitrogens with two attached hydrogens (primary N) is 1. The maximum absolute atomic E-state index is 11.3. The van der Waals surface area contributed by atoms with E-state index in [4.69, 9.17) is 5.73 Å². The summed E-state index contributed by atoms with van der Waals surface area (Å²) in [6.45, 7) is 6.13. The first-order valence-corrected chi connectivity index (χ1v) is 7.23. The largest absolute Gasteiger partial charge is 0.368 e. The van der Waals surface area contributed by atoms with E-state index in [2.05, 4.69) is 24.4 Å². The van der Waals surface area contributed by atoms with Gasteiger partial charge in [0, 0.05) is 16.7 Å². The molecule has 1 unspecified atom stereocenters. The van der Waals surface area contributed by atoms with Crippen LogP contribution >= 0.6 is 11.8 Å². The molecule has 0 aliphatic rings. The number of aryl methyl sites for hydroxylation is 1. The molecule has 0 aliphatic carbocycles. The number of carbonyl (C=O) groups excluding carboxylic acids is 1. The van der Waals surface area contributed by atoms with Gasteiger partial charge in [-0.25, -0.2) is 0 Å². The third kappa shape index (κ3) is 5.10. The predicted octanol–water partition coefficient (Wildman–Crippen LogP) is 2.33. The summed E-state index contributed by atoms with van der Waals surface area (Å²) in [7, 11) is 0. The molecule has 18 heavy (non-hydrogen) atoms. The fraction of sp³-hybridized carbons (Fsp3) is 0.500. The summed E-state index contributed by atoms with van der Waals surface area (Å²) in [5.74, 6) is 0.618. The highest BCUT2D eigenvalue weighted by Gasteiger charge is 2.15. The minimum atomic E-state index is -0.269. The number of hydrogen-bond acceptors (Lipinski definition) is 3. The first-order chi connectivity index (χ1) is 8.50. The number of amides is 1. The zero-order chi connectivity index (χ0) is 13.5. The molecule has 0 bridgehead atoms. The molecule has 0 fully saturated rings. The fourth-order valence-electron chi connectivity index (χ4n) is 1.72. The van der Waals surface area contributed by atoms with Crippen molar-refractivity contribution in [1.29, 1.82) is 0 Å². The quantitative estimate of drug-likeness (QED) is 0.745. The molecular formula is C14H22N2OS. The monoisotopic (exact) mass is 266 g/mol. The molecule has 3 N–H and O–H groups in total. The minimum Gasteiger partial charge on any atom is -0.368 e. The van der Waals surface area contributed by atoms with Gasteiger partial charge >= 0.3 is 0 Å². The zero-order valence-corrected chi connectivity index (χ0v) is 12.1. The summed E-state index contributed by atoms with van der Waals surface area (Å²) < 4.78 is 0. The van der Waals surface area contributed by atoms with Gasteiger partial charge in [0.05, 0.1) is 6.04 Å². The summed E-state index contributed by atoms with van der Waals surface area (Å²) in [5, 5.41) is 3.19. The van der Waals surface area contributed by atoms with Gasteiger partial charge < -0.3 is 11.1 Å². The number of hydrogen-bond donors (Lipinski definition) is 2. The van der Waals surface area contributed by atoms with Crippen molar-refractivity contribution in [2.24, 2.45) is 5.73 Å². The van der Waals surface area contributed by atoms with Gasteiger partial charge in [0.15, 0.2) is 0 Å². The highest BCUT2D eigenvalue weighted by molar-refractivity contribution is 7.99. The summed E-state index contributed by atoms with van der Waals surface area (Å²) in [4.78, 5) is 12.6. The van der Waals surface area contributed by atoms with Crippen molar-refractivity contribution < 1.29 is 4.79 Å². The molecule has 100 valence electrons. The van der Waals surface area contributed by atoms with Gasteiger partial charge in [0.1, 0.15) is 0 Å². The Balaban J connectivity index is 2.44. The molecule has 0 heterocycles. The van der Waals surface area contributed by atoms with Gasteiger partial charge in [-0.1, -0.05) is 32.0 Å². The van der Waals surface area contributed by atoms with Crippen LogP contribution in [0.2, 0.25) is 0 Å². The molecule has 0 spiro atoms. The number of rotatable bonds is 7. The van der Waals surface area contributed by atoms with E-state index in [1.165, 1.54) is 10.5 Å². The summed E-state index contributed by atoms with van der Waals surface area (Å²) in [6, 6.07) is 8.31. The molecule has 0 aliphatic heterocycles. The van der Waals surface area contributed by atoms with Gasteiger partial charge in [-0.15, -0.1) is 11.8 Å². The molecule has 1 atom stereocenters.